The number of allylic oxidation sites excluding steroid dienone is 3. The van der Waals surface area contributed by atoms with Gasteiger partial charge in [0.2, 0.25) is 0 Å². The second kappa shape index (κ2) is 8.09. The predicted molar refractivity (Wildman–Crippen MR) is 116 cm³/mol. The zero-order valence-corrected chi connectivity index (χ0v) is 18.1. The lowest BCUT2D eigenvalue weighted by molar-refractivity contribution is -0.361. The number of aromatic amines is 1. The number of rotatable bonds is 3. The van der Waals surface area contributed by atoms with Crippen molar-refractivity contribution in [2.45, 2.75) is 44.9 Å². The van der Waals surface area contributed by atoms with Crippen LogP contribution in [0, 0.1) is 17.3 Å². The molecule has 3 aliphatic rings. The third-order valence-corrected chi connectivity index (χ3v) is 7.80. The van der Waals surface area contributed by atoms with Crippen LogP contribution in [0.4, 0.5) is 5.82 Å². The van der Waals surface area contributed by atoms with E-state index in [-0.39, 0.29) is 17.8 Å². The largest absolute Gasteiger partial charge is 1.00 e. The van der Waals surface area contributed by atoms with Gasteiger partial charge < -0.3 is 17.5 Å². The summed E-state index contributed by atoms with van der Waals surface area (Å²) in [6.07, 6.45) is 15.0. The summed E-state index contributed by atoms with van der Waals surface area (Å²) < 4.78 is 0. The van der Waals surface area contributed by atoms with E-state index in [4.69, 9.17) is 5.84 Å². The number of aryl methyl sites for hydroxylation is 1. The average Bonchev–Trinajstić information content (AvgIpc) is 3.08. The van der Waals surface area contributed by atoms with E-state index in [1.54, 1.807) is 0 Å². The second-order valence-electron chi connectivity index (χ2n) is 9.16. The Labute approximate surface area is 184 Å². The predicted octanol–water partition coefficient (Wildman–Crippen LogP) is 1.60. The highest BCUT2D eigenvalue weighted by atomic mass is 35.5. The van der Waals surface area contributed by atoms with Crippen LogP contribution in [0.1, 0.15) is 55.2 Å². The number of anilines is 1. The van der Waals surface area contributed by atoms with Crippen molar-refractivity contribution in [2.24, 2.45) is 23.1 Å². The molecule has 30 heavy (non-hydrogen) atoms. The second-order valence-corrected chi connectivity index (χ2v) is 9.16. The van der Waals surface area contributed by atoms with E-state index in [0.717, 1.165) is 29.6 Å². The Balaban J connectivity index is 0.00000218. The van der Waals surface area contributed by atoms with Crippen LogP contribution in [-0.4, -0.2) is 5.11 Å². The normalized spacial score (nSPS) is 29.4. The molecule has 5 heteroatoms. The maximum atomic E-state index is 9.86. The Bertz CT molecular complexity index is 984. The molecule has 5 rings (SSSR count). The number of pyridine rings is 1. The maximum absolute atomic E-state index is 9.86. The molecule has 1 heterocycles. The summed E-state index contributed by atoms with van der Waals surface area (Å²) in [7, 11) is 0. The highest BCUT2D eigenvalue weighted by Crippen LogP contribution is 2.61. The molecule has 158 valence electrons. The van der Waals surface area contributed by atoms with Gasteiger partial charge in [0.25, 0.3) is 5.82 Å². The molecule has 1 saturated carbocycles. The quantitative estimate of drug-likeness (QED) is 0.518. The lowest BCUT2D eigenvalue weighted by Crippen LogP contribution is -3.00. The number of hydrogen-bond donors (Lipinski definition) is 3. The summed E-state index contributed by atoms with van der Waals surface area (Å²) in [5.41, 5.74) is 8.41. The fraction of sp³-hybridized carbons (Fsp3) is 0.400. The average molecular weight is 424 g/mol. The van der Waals surface area contributed by atoms with E-state index in [1.807, 2.05) is 24.4 Å². The molecule has 4 atom stereocenters. The van der Waals surface area contributed by atoms with Crippen molar-refractivity contribution in [1.29, 1.82) is 0 Å². The summed E-state index contributed by atoms with van der Waals surface area (Å²) in [5.74, 6) is 8.77. The molecule has 2 aromatic rings. The van der Waals surface area contributed by atoms with Gasteiger partial charge in [-0.2, -0.15) is 11.3 Å². The first kappa shape index (κ1) is 21.0. The smallest absolute Gasteiger partial charge is 0.290 e. The SMILES string of the molecule is C[C@]12CC[C@@H]3c4ccc(O)cc4CC[C@H]3[C@@H]1CC=C2/C=C/c1ccc(NN)[nH+]c1.[Cl-]. The maximum Gasteiger partial charge on any atom is 0.290 e. The minimum absolute atomic E-state index is 0. The molecule has 4 nitrogen and oxygen atoms in total. The summed E-state index contributed by atoms with van der Waals surface area (Å²) >= 11 is 0. The van der Waals surface area contributed by atoms with Gasteiger partial charge in [0.05, 0.1) is 6.20 Å². The van der Waals surface area contributed by atoms with Gasteiger partial charge in [0.1, 0.15) is 5.75 Å². The topological polar surface area (TPSA) is 72.4 Å². The number of hydrogen-bond acceptors (Lipinski definition) is 3. The van der Waals surface area contributed by atoms with Crippen molar-refractivity contribution in [2.75, 3.05) is 5.43 Å². The molecule has 0 unspecified atom stereocenters. The molecule has 1 aromatic heterocycles. The molecule has 0 amide bonds. The van der Waals surface area contributed by atoms with Crippen LogP contribution in [0.15, 0.2) is 54.3 Å². The van der Waals surface area contributed by atoms with Gasteiger partial charge in [-0.3, -0.25) is 0 Å². The van der Waals surface area contributed by atoms with Gasteiger partial charge in [-0.05, 0) is 90.2 Å². The molecule has 0 spiro atoms. The van der Waals surface area contributed by atoms with Gasteiger partial charge in [-0.25, -0.2) is 4.98 Å². The number of phenols is 1. The van der Waals surface area contributed by atoms with E-state index in [9.17, 15) is 5.11 Å². The number of H-pyrrole nitrogens is 1. The number of aromatic nitrogens is 1. The first-order valence-corrected chi connectivity index (χ1v) is 10.8. The Hall–Kier alpha value is -2.30. The third-order valence-electron chi connectivity index (χ3n) is 7.80. The van der Waals surface area contributed by atoms with Gasteiger partial charge in [0, 0.05) is 11.6 Å². The van der Waals surface area contributed by atoms with E-state index < -0.39 is 0 Å². The Kier molecular flexibility index (Phi) is 5.65. The van der Waals surface area contributed by atoms with E-state index in [1.165, 1.54) is 42.4 Å². The van der Waals surface area contributed by atoms with Crippen molar-refractivity contribution in [3.63, 3.8) is 0 Å². The van der Waals surface area contributed by atoms with Gasteiger partial charge in [-0.1, -0.05) is 31.2 Å². The molecule has 0 bridgehead atoms. The number of hydrazine groups is 1. The number of benzene rings is 1. The molecule has 1 aromatic carbocycles. The monoisotopic (exact) mass is 423 g/mol. The number of phenolic OH excluding ortho intramolecular Hbond substituents is 1. The van der Waals surface area contributed by atoms with Crippen molar-refractivity contribution in [1.82, 2.24) is 0 Å². The van der Waals surface area contributed by atoms with Crippen LogP contribution in [0.3, 0.4) is 0 Å². The number of nitrogens with one attached hydrogen (secondary N) is 2. The molecule has 0 saturated heterocycles. The highest BCUT2D eigenvalue weighted by Gasteiger charge is 2.51. The molecule has 3 aliphatic carbocycles. The standard InChI is InChI=1S/C25H29N3O.ClH/c1-25-13-12-21-20-9-7-19(29)14-17(20)4-8-22(21)23(25)10-6-18(25)5-2-16-3-11-24(28-26)27-15-16;/h2-3,5-7,9,11,14-15,21-23,29H,4,8,10,12-13,26H2,1H3,(H,27,28);1H/b5-2+;/t21-,22-,23+,25-;/m1./s1. The van der Waals surface area contributed by atoms with Crippen LogP contribution in [0.5, 0.6) is 5.75 Å². The van der Waals surface area contributed by atoms with Crippen LogP contribution in [-0.2, 0) is 6.42 Å². The van der Waals surface area contributed by atoms with Crippen LogP contribution in [0.2, 0.25) is 0 Å². The molecular weight excluding hydrogens is 394 g/mol. The fourth-order valence-electron chi connectivity index (χ4n) is 6.24. The lowest BCUT2D eigenvalue weighted by Gasteiger charge is -2.50. The first-order chi connectivity index (χ1) is 14.1. The van der Waals surface area contributed by atoms with E-state index >= 15 is 0 Å². The minimum atomic E-state index is 0. The minimum Gasteiger partial charge on any atom is -1.00 e. The first-order valence-electron chi connectivity index (χ1n) is 10.8. The Morgan fingerprint density at radius 2 is 2.07 bits per heavy atom. The zero-order valence-electron chi connectivity index (χ0n) is 17.4. The molecule has 0 radical (unpaired) electrons. The fourth-order valence-corrected chi connectivity index (χ4v) is 6.24. The number of nitrogen functional groups attached to an aromatic ring is 1. The molecule has 1 fully saturated rings. The molecular formula is C25H30ClN3O. The molecule has 0 aliphatic heterocycles. The van der Waals surface area contributed by atoms with Crippen molar-refractivity contribution in [3.8, 4) is 5.75 Å². The number of aromatic hydroxyl groups is 1. The zero-order chi connectivity index (χ0) is 20.0. The van der Waals surface area contributed by atoms with Gasteiger partial charge in [0.15, 0.2) is 0 Å². The summed E-state index contributed by atoms with van der Waals surface area (Å²) in [6, 6.07) is 10.1. The van der Waals surface area contributed by atoms with E-state index in [0.29, 0.717) is 11.7 Å². The highest BCUT2D eigenvalue weighted by molar-refractivity contribution is 5.54. The summed E-state index contributed by atoms with van der Waals surface area (Å²) in [4.78, 5) is 3.15. The van der Waals surface area contributed by atoms with Crippen LogP contribution >= 0.6 is 0 Å². The number of nitrogens with two attached hydrogens (primary N) is 1. The van der Waals surface area contributed by atoms with Crippen molar-refractivity contribution in [3.05, 3.63) is 70.9 Å². The van der Waals surface area contributed by atoms with Crippen molar-refractivity contribution < 1.29 is 22.5 Å². The Morgan fingerprint density at radius 1 is 1.20 bits per heavy atom. The van der Waals surface area contributed by atoms with Gasteiger partial charge in [-0.15, -0.1) is 0 Å². The lowest BCUT2D eigenvalue weighted by atomic mass is 9.54. The molecule has 5 N–H and O–H groups in total. The third kappa shape index (κ3) is 3.42. The number of halogens is 1. The van der Waals surface area contributed by atoms with E-state index in [2.05, 4.69) is 47.7 Å². The summed E-state index contributed by atoms with van der Waals surface area (Å²) in [5, 5.41) is 9.86. The van der Waals surface area contributed by atoms with Crippen molar-refractivity contribution >= 4 is 11.9 Å². The summed E-state index contributed by atoms with van der Waals surface area (Å²) in [6.45, 7) is 2.48. The van der Waals surface area contributed by atoms with Crippen LogP contribution < -0.4 is 28.7 Å². The number of fused-ring (bicyclic) bond motifs is 5. The Morgan fingerprint density at radius 3 is 2.83 bits per heavy atom. The van der Waals surface area contributed by atoms with Gasteiger partial charge >= 0.3 is 0 Å². The van der Waals surface area contributed by atoms with Crippen LogP contribution in [0.25, 0.3) is 6.08 Å².